The van der Waals surface area contributed by atoms with Crippen molar-refractivity contribution in [2.45, 2.75) is 45.4 Å². The van der Waals surface area contributed by atoms with E-state index in [0.29, 0.717) is 13.1 Å². The van der Waals surface area contributed by atoms with E-state index < -0.39 is 5.60 Å². The summed E-state index contributed by atoms with van der Waals surface area (Å²) in [7, 11) is 0. The second-order valence-electron chi connectivity index (χ2n) is 7.23. The first kappa shape index (κ1) is 17.8. The van der Waals surface area contributed by atoms with Crippen molar-refractivity contribution in [3.63, 3.8) is 0 Å². The van der Waals surface area contributed by atoms with E-state index in [2.05, 4.69) is 24.4 Å². The maximum absolute atomic E-state index is 12.2. The van der Waals surface area contributed by atoms with Gasteiger partial charge in [0.1, 0.15) is 5.60 Å². The van der Waals surface area contributed by atoms with Crippen LogP contribution in [0.2, 0.25) is 0 Å². The molecule has 1 heterocycles. The molecule has 3 atom stereocenters. The quantitative estimate of drug-likeness (QED) is 0.895. The van der Waals surface area contributed by atoms with Crippen molar-refractivity contribution in [1.82, 2.24) is 10.2 Å². The monoisotopic (exact) mass is 320 g/mol. The third kappa shape index (κ3) is 4.94. The summed E-state index contributed by atoms with van der Waals surface area (Å²) in [5.74, 6) is 0.0219. The van der Waals surface area contributed by atoms with E-state index in [9.17, 15) is 9.90 Å². The summed E-state index contributed by atoms with van der Waals surface area (Å²) < 4.78 is 5.43. The predicted octanol–water partition coefficient (Wildman–Crippen LogP) is 2.57. The lowest BCUT2D eigenvalue weighted by atomic mass is 10.0. The van der Waals surface area contributed by atoms with Crippen LogP contribution in [0, 0.1) is 5.92 Å². The van der Waals surface area contributed by atoms with E-state index in [0.717, 1.165) is 0 Å². The highest BCUT2D eigenvalue weighted by molar-refractivity contribution is 5.68. The van der Waals surface area contributed by atoms with Gasteiger partial charge in [0.2, 0.25) is 0 Å². The number of hydrogen-bond donors (Lipinski definition) is 2. The molecular weight excluding hydrogens is 292 g/mol. The number of rotatable bonds is 4. The topological polar surface area (TPSA) is 61.8 Å². The largest absolute Gasteiger partial charge is 0.444 e. The lowest BCUT2D eigenvalue weighted by Crippen LogP contribution is -2.40. The van der Waals surface area contributed by atoms with Crippen molar-refractivity contribution >= 4 is 6.09 Å². The molecule has 0 spiro atoms. The number of likely N-dealkylation sites (tertiary alicyclic amines) is 1. The zero-order chi connectivity index (χ0) is 17.0. The van der Waals surface area contributed by atoms with Crippen LogP contribution in [-0.2, 0) is 4.74 Å². The number of ether oxygens (including phenoxy) is 1. The first-order valence-electron chi connectivity index (χ1n) is 8.20. The van der Waals surface area contributed by atoms with Crippen molar-refractivity contribution in [2.24, 2.45) is 5.92 Å². The van der Waals surface area contributed by atoms with Crippen LogP contribution >= 0.6 is 0 Å². The van der Waals surface area contributed by atoms with Gasteiger partial charge in [-0.15, -0.1) is 0 Å². The van der Waals surface area contributed by atoms with E-state index in [4.69, 9.17) is 4.74 Å². The normalized spacial score (nSPS) is 22.9. The second kappa shape index (κ2) is 7.32. The minimum atomic E-state index is -0.505. The minimum absolute atomic E-state index is 0.0219. The summed E-state index contributed by atoms with van der Waals surface area (Å²) in [5.41, 5.74) is 0.689. The lowest BCUT2D eigenvalue weighted by Gasteiger charge is -2.25. The molecule has 1 fully saturated rings. The van der Waals surface area contributed by atoms with Gasteiger partial charge in [0.15, 0.2) is 0 Å². The van der Waals surface area contributed by atoms with Crippen LogP contribution in [0.1, 0.15) is 39.3 Å². The second-order valence-corrected chi connectivity index (χ2v) is 7.23. The number of hydrogen-bond acceptors (Lipinski definition) is 4. The number of carbonyl (C=O) groups excluding carboxylic acids is 1. The molecule has 1 aromatic carbocycles. The minimum Gasteiger partial charge on any atom is -0.444 e. The zero-order valence-electron chi connectivity index (χ0n) is 14.5. The Labute approximate surface area is 138 Å². The smallest absolute Gasteiger partial charge is 0.410 e. The maximum Gasteiger partial charge on any atom is 0.410 e. The standard InChI is InChI=1S/C18H28N2O3/c1-13(14-8-6-5-7-9-14)19-16-11-20(10-15(16)12-21)17(22)23-18(2,3)4/h5-9,13,15-16,19,21H,10-12H2,1-4H3/t13-,15+,16-/m1/s1. The summed E-state index contributed by atoms with van der Waals surface area (Å²) in [6.45, 7) is 8.80. The van der Waals surface area contributed by atoms with Crippen LogP contribution in [0.15, 0.2) is 30.3 Å². The summed E-state index contributed by atoms with van der Waals surface area (Å²) in [6.07, 6.45) is -0.312. The number of amides is 1. The molecule has 128 valence electrons. The number of aliphatic hydroxyl groups is 1. The van der Waals surface area contributed by atoms with Crippen LogP contribution in [-0.4, -0.2) is 47.4 Å². The third-order valence-corrected chi connectivity index (χ3v) is 4.09. The van der Waals surface area contributed by atoms with Gasteiger partial charge in [0, 0.05) is 37.7 Å². The van der Waals surface area contributed by atoms with Gasteiger partial charge in [-0.25, -0.2) is 4.79 Å². The Kier molecular flexibility index (Phi) is 5.65. The molecule has 2 rings (SSSR count). The molecule has 0 radical (unpaired) electrons. The van der Waals surface area contributed by atoms with E-state index >= 15 is 0 Å². The van der Waals surface area contributed by atoms with Crippen LogP contribution in [0.3, 0.4) is 0 Å². The van der Waals surface area contributed by atoms with E-state index in [-0.39, 0.29) is 30.7 Å². The molecular formula is C18H28N2O3. The highest BCUT2D eigenvalue weighted by Gasteiger charge is 2.37. The van der Waals surface area contributed by atoms with Crippen LogP contribution < -0.4 is 5.32 Å². The Morgan fingerprint density at radius 2 is 2.00 bits per heavy atom. The summed E-state index contributed by atoms with van der Waals surface area (Å²) >= 11 is 0. The molecule has 0 aliphatic carbocycles. The van der Waals surface area contributed by atoms with Gasteiger partial charge in [0.25, 0.3) is 0 Å². The first-order chi connectivity index (χ1) is 10.8. The molecule has 2 N–H and O–H groups in total. The highest BCUT2D eigenvalue weighted by Crippen LogP contribution is 2.23. The molecule has 1 saturated heterocycles. The van der Waals surface area contributed by atoms with Gasteiger partial charge in [0.05, 0.1) is 0 Å². The van der Waals surface area contributed by atoms with Gasteiger partial charge in [-0.2, -0.15) is 0 Å². The fourth-order valence-electron chi connectivity index (χ4n) is 2.88. The molecule has 1 aliphatic rings. The van der Waals surface area contributed by atoms with Crippen LogP contribution in [0.4, 0.5) is 4.79 Å². The predicted molar refractivity (Wildman–Crippen MR) is 90.2 cm³/mol. The van der Waals surface area contributed by atoms with E-state index in [1.807, 2.05) is 39.0 Å². The van der Waals surface area contributed by atoms with Gasteiger partial charge in [-0.1, -0.05) is 30.3 Å². The van der Waals surface area contributed by atoms with Crippen molar-refractivity contribution in [1.29, 1.82) is 0 Å². The van der Waals surface area contributed by atoms with Crippen molar-refractivity contribution in [2.75, 3.05) is 19.7 Å². The molecule has 1 amide bonds. The molecule has 1 aromatic rings. The Hall–Kier alpha value is -1.59. The average molecular weight is 320 g/mol. The summed E-state index contributed by atoms with van der Waals surface area (Å²) in [4.78, 5) is 13.9. The fraction of sp³-hybridized carbons (Fsp3) is 0.611. The zero-order valence-corrected chi connectivity index (χ0v) is 14.5. The van der Waals surface area contributed by atoms with E-state index in [1.54, 1.807) is 4.90 Å². The SMILES string of the molecule is C[C@@H](N[C@@H]1CN(C(=O)OC(C)(C)C)C[C@H]1CO)c1ccccc1. The third-order valence-electron chi connectivity index (χ3n) is 4.09. The number of nitrogens with one attached hydrogen (secondary N) is 1. The maximum atomic E-state index is 12.2. The molecule has 5 heteroatoms. The van der Waals surface area contributed by atoms with Gasteiger partial charge >= 0.3 is 6.09 Å². The van der Waals surface area contributed by atoms with Crippen molar-refractivity contribution < 1.29 is 14.6 Å². The molecule has 5 nitrogen and oxygen atoms in total. The molecule has 0 bridgehead atoms. The van der Waals surface area contributed by atoms with Gasteiger partial charge in [-0.05, 0) is 33.3 Å². The van der Waals surface area contributed by atoms with Crippen LogP contribution in [0.25, 0.3) is 0 Å². The summed E-state index contributed by atoms with van der Waals surface area (Å²) in [5, 5.41) is 13.2. The molecule has 23 heavy (non-hydrogen) atoms. The summed E-state index contributed by atoms with van der Waals surface area (Å²) in [6, 6.07) is 10.4. The number of carbonyl (C=O) groups is 1. The lowest BCUT2D eigenvalue weighted by molar-refractivity contribution is 0.0282. The molecule has 1 aliphatic heterocycles. The Balaban J connectivity index is 1.98. The average Bonchev–Trinajstić information content (AvgIpc) is 2.89. The Morgan fingerprint density at radius 3 is 2.57 bits per heavy atom. The Bertz CT molecular complexity index is 513. The molecule has 0 aromatic heterocycles. The van der Waals surface area contributed by atoms with Gasteiger partial charge < -0.3 is 20.1 Å². The van der Waals surface area contributed by atoms with Crippen molar-refractivity contribution in [3.05, 3.63) is 35.9 Å². The van der Waals surface area contributed by atoms with Crippen molar-refractivity contribution in [3.8, 4) is 0 Å². The number of nitrogens with zero attached hydrogens (tertiary/aromatic N) is 1. The Morgan fingerprint density at radius 1 is 1.35 bits per heavy atom. The first-order valence-corrected chi connectivity index (χ1v) is 8.20. The van der Waals surface area contributed by atoms with E-state index in [1.165, 1.54) is 5.56 Å². The molecule has 0 unspecified atom stereocenters. The number of aliphatic hydroxyl groups excluding tert-OH is 1. The fourth-order valence-corrected chi connectivity index (χ4v) is 2.88. The highest BCUT2D eigenvalue weighted by atomic mass is 16.6. The van der Waals surface area contributed by atoms with Gasteiger partial charge in [-0.3, -0.25) is 0 Å². The van der Waals surface area contributed by atoms with Crippen LogP contribution in [0.5, 0.6) is 0 Å². The molecule has 0 saturated carbocycles. The number of benzene rings is 1.